The van der Waals surface area contributed by atoms with E-state index in [1.54, 1.807) is 23.1 Å². The standard InChI is InChI=1S/C11H18N2O2S3/c1-18(14,15)11-8-16-5-4-13(11)7-10-3-2-9(6-12)17-10/h2-3,11H,4-8,12H2,1H3. The lowest BCUT2D eigenvalue weighted by atomic mass is 10.4. The number of thioether (sulfide) groups is 1. The Labute approximate surface area is 116 Å². The number of thiophene rings is 1. The summed E-state index contributed by atoms with van der Waals surface area (Å²) in [6, 6.07) is 4.07. The van der Waals surface area contributed by atoms with Crippen molar-refractivity contribution in [1.82, 2.24) is 4.90 Å². The van der Waals surface area contributed by atoms with Gasteiger partial charge in [0.1, 0.15) is 5.37 Å². The minimum absolute atomic E-state index is 0.348. The Kier molecular flexibility index (Phi) is 4.71. The molecule has 1 unspecified atom stereocenters. The molecule has 0 spiro atoms. The van der Waals surface area contributed by atoms with Crippen LogP contribution in [0, 0.1) is 0 Å². The highest BCUT2D eigenvalue weighted by Crippen LogP contribution is 2.25. The first-order valence-corrected chi connectivity index (χ1v) is 9.71. The first kappa shape index (κ1) is 14.3. The fourth-order valence-corrected chi connectivity index (χ4v) is 5.87. The van der Waals surface area contributed by atoms with Crippen molar-refractivity contribution in [2.24, 2.45) is 5.73 Å². The zero-order valence-electron chi connectivity index (χ0n) is 10.3. The van der Waals surface area contributed by atoms with Crippen LogP contribution in [0.1, 0.15) is 9.75 Å². The van der Waals surface area contributed by atoms with E-state index in [-0.39, 0.29) is 5.37 Å². The van der Waals surface area contributed by atoms with Crippen LogP contribution in [0.4, 0.5) is 0 Å². The third-order valence-electron chi connectivity index (χ3n) is 2.96. The van der Waals surface area contributed by atoms with Crippen LogP contribution in [-0.4, -0.2) is 43.0 Å². The number of hydrogen-bond acceptors (Lipinski definition) is 6. The maximum Gasteiger partial charge on any atom is 0.164 e. The molecule has 4 nitrogen and oxygen atoms in total. The van der Waals surface area contributed by atoms with Crippen molar-refractivity contribution in [3.63, 3.8) is 0 Å². The lowest BCUT2D eigenvalue weighted by Crippen LogP contribution is -2.46. The molecule has 0 saturated carbocycles. The molecule has 102 valence electrons. The van der Waals surface area contributed by atoms with Gasteiger partial charge in [0.15, 0.2) is 9.84 Å². The third-order valence-corrected chi connectivity index (χ3v) is 6.74. The largest absolute Gasteiger partial charge is 0.326 e. The summed E-state index contributed by atoms with van der Waals surface area (Å²) in [5.41, 5.74) is 5.59. The average Bonchev–Trinajstić information content (AvgIpc) is 2.76. The molecule has 0 radical (unpaired) electrons. The molecule has 0 aliphatic carbocycles. The topological polar surface area (TPSA) is 63.4 Å². The molecule has 0 amide bonds. The third kappa shape index (κ3) is 3.48. The van der Waals surface area contributed by atoms with Gasteiger partial charge in [-0.05, 0) is 12.1 Å². The van der Waals surface area contributed by atoms with Crippen molar-refractivity contribution in [3.05, 3.63) is 21.9 Å². The Morgan fingerprint density at radius 3 is 2.78 bits per heavy atom. The Morgan fingerprint density at radius 1 is 1.44 bits per heavy atom. The maximum absolute atomic E-state index is 11.8. The summed E-state index contributed by atoms with van der Waals surface area (Å²) >= 11 is 3.39. The van der Waals surface area contributed by atoms with E-state index in [4.69, 9.17) is 5.73 Å². The molecule has 1 fully saturated rings. The van der Waals surface area contributed by atoms with Crippen molar-refractivity contribution in [2.75, 3.05) is 24.3 Å². The van der Waals surface area contributed by atoms with Gasteiger partial charge in [0.25, 0.3) is 0 Å². The van der Waals surface area contributed by atoms with Crippen LogP contribution in [0.3, 0.4) is 0 Å². The molecule has 1 aromatic rings. The van der Waals surface area contributed by atoms with Gasteiger partial charge in [-0.15, -0.1) is 11.3 Å². The fourth-order valence-electron chi connectivity index (χ4n) is 2.01. The molecule has 2 heterocycles. The predicted octanol–water partition coefficient (Wildman–Crippen LogP) is 1.13. The highest BCUT2D eigenvalue weighted by Gasteiger charge is 2.30. The SMILES string of the molecule is CS(=O)(=O)C1CSCCN1Cc1ccc(CN)s1. The second kappa shape index (κ2) is 5.92. The molecule has 1 aliphatic heterocycles. The van der Waals surface area contributed by atoms with E-state index in [0.717, 1.165) is 17.2 Å². The Balaban J connectivity index is 2.10. The molecule has 2 N–H and O–H groups in total. The maximum atomic E-state index is 11.8. The first-order chi connectivity index (χ1) is 8.50. The summed E-state index contributed by atoms with van der Waals surface area (Å²) in [5, 5.41) is -0.348. The molecule has 2 rings (SSSR count). The highest BCUT2D eigenvalue weighted by molar-refractivity contribution is 8.00. The van der Waals surface area contributed by atoms with Crippen LogP contribution in [0.5, 0.6) is 0 Å². The molecule has 0 aromatic carbocycles. The Bertz CT molecular complexity index is 498. The average molecular weight is 306 g/mol. The number of rotatable bonds is 4. The van der Waals surface area contributed by atoms with Gasteiger partial charge < -0.3 is 5.73 Å². The second-order valence-corrected chi connectivity index (χ2v) is 9.01. The van der Waals surface area contributed by atoms with Gasteiger partial charge in [-0.2, -0.15) is 11.8 Å². The van der Waals surface area contributed by atoms with Gasteiger partial charge in [0, 0.05) is 47.2 Å². The Morgan fingerprint density at radius 2 is 2.17 bits per heavy atom. The molecule has 1 saturated heterocycles. The van der Waals surface area contributed by atoms with Gasteiger partial charge in [0.05, 0.1) is 0 Å². The van der Waals surface area contributed by atoms with Gasteiger partial charge in [-0.1, -0.05) is 0 Å². The number of hydrogen-bond donors (Lipinski definition) is 1. The Hall–Kier alpha value is -0.0800. The van der Waals surface area contributed by atoms with E-state index in [1.165, 1.54) is 11.1 Å². The summed E-state index contributed by atoms with van der Waals surface area (Å²) < 4.78 is 23.6. The number of sulfone groups is 1. The smallest absolute Gasteiger partial charge is 0.164 e. The first-order valence-electron chi connectivity index (χ1n) is 5.79. The zero-order chi connectivity index (χ0) is 13.2. The van der Waals surface area contributed by atoms with Gasteiger partial charge in [-0.3, -0.25) is 4.90 Å². The predicted molar refractivity (Wildman–Crippen MR) is 78.6 cm³/mol. The number of nitrogens with two attached hydrogens (primary N) is 1. The van der Waals surface area contributed by atoms with E-state index in [0.29, 0.717) is 18.8 Å². The second-order valence-electron chi connectivity index (χ2n) is 4.40. The van der Waals surface area contributed by atoms with Gasteiger partial charge in [-0.25, -0.2) is 8.42 Å². The lowest BCUT2D eigenvalue weighted by molar-refractivity contribution is 0.264. The van der Waals surface area contributed by atoms with Crippen molar-refractivity contribution >= 4 is 32.9 Å². The highest BCUT2D eigenvalue weighted by atomic mass is 32.2. The summed E-state index contributed by atoms with van der Waals surface area (Å²) in [5.74, 6) is 1.68. The lowest BCUT2D eigenvalue weighted by Gasteiger charge is -2.33. The minimum Gasteiger partial charge on any atom is -0.326 e. The molecular weight excluding hydrogens is 288 g/mol. The van der Waals surface area contributed by atoms with Crippen LogP contribution >= 0.6 is 23.1 Å². The van der Waals surface area contributed by atoms with Crippen molar-refractivity contribution < 1.29 is 8.42 Å². The molecule has 0 bridgehead atoms. The van der Waals surface area contributed by atoms with Gasteiger partial charge in [0.2, 0.25) is 0 Å². The quantitative estimate of drug-likeness (QED) is 0.903. The van der Waals surface area contributed by atoms with E-state index in [9.17, 15) is 8.42 Å². The molecule has 1 aliphatic rings. The van der Waals surface area contributed by atoms with Gasteiger partial charge >= 0.3 is 0 Å². The molecule has 18 heavy (non-hydrogen) atoms. The van der Waals surface area contributed by atoms with Crippen LogP contribution in [0.25, 0.3) is 0 Å². The monoisotopic (exact) mass is 306 g/mol. The van der Waals surface area contributed by atoms with Crippen LogP contribution < -0.4 is 5.73 Å². The normalized spacial score (nSPS) is 22.2. The van der Waals surface area contributed by atoms with Crippen LogP contribution in [0.2, 0.25) is 0 Å². The van der Waals surface area contributed by atoms with E-state index in [2.05, 4.69) is 4.90 Å². The summed E-state index contributed by atoms with van der Waals surface area (Å²) in [6.07, 6.45) is 1.33. The molecule has 1 atom stereocenters. The summed E-state index contributed by atoms with van der Waals surface area (Å²) in [4.78, 5) is 4.40. The zero-order valence-corrected chi connectivity index (χ0v) is 12.8. The van der Waals surface area contributed by atoms with E-state index < -0.39 is 9.84 Å². The minimum atomic E-state index is -3.01. The molecular formula is C11H18N2O2S3. The number of nitrogens with zero attached hydrogens (tertiary/aromatic N) is 1. The van der Waals surface area contributed by atoms with Crippen molar-refractivity contribution in [3.8, 4) is 0 Å². The van der Waals surface area contributed by atoms with Crippen molar-refractivity contribution in [2.45, 2.75) is 18.5 Å². The summed E-state index contributed by atoms with van der Waals surface area (Å²) in [6.45, 7) is 2.09. The molecule has 7 heteroatoms. The van der Waals surface area contributed by atoms with E-state index >= 15 is 0 Å². The van der Waals surface area contributed by atoms with Crippen molar-refractivity contribution in [1.29, 1.82) is 0 Å². The molecule has 1 aromatic heterocycles. The summed E-state index contributed by atoms with van der Waals surface area (Å²) in [7, 11) is -3.01. The van der Waals surface area contributed by atoms with Crippen LogP contribution in [-0.2, 0) is 22.9 Å². The fraction of sp³-hybridized carbons (Fsp3) is 0.636. The van der Waals surface area contributed by atoms with Crippen LogP contribution in [0.15, 0.2) is 12.1 Å². The van der Waals surface area contributed by atoms with E-state index in [1.807, 2.05) is 12.1 Å².